The molecule has 0 aromatic heterocycles. The van der Waals surface area contributed by atoms with E-state index in [9.17, 15) is 17.6 Å². The molecule has 4 rings (SSSR count). The van der Waals surface area contributed by atoms with Crippen LogP contribution in [0.4, 0.5) is 4.39 Å². The van der Waals surface area contributed by atoms with Crippen molar-refractivity contribution in [1.29, 1.82) is 0 Å². The van der Waals surface area contributed by atoms with Crippen molar-refractivity contribution in [3.8, 4) is 0 Å². The summed E-state index contributed by atoms with van der Waals surface area (Å²) in [7, 11) is -3.78. The van der Waals surface area contributed by atoms with Crippen LogP contribution in [-0.2, 0) is 16.6 Å². The molecular weight excluding hydrogens is 512 g/mol. The van der Waals surface area contributed by atoms with Crippen molar-refractivity contribution in [1.82, 2.24) is 14.5 Å². The van der Waals surface area contributed by atoms with Crippen molar-refractivity contribution in [3.63, 3.8) is 0 Å². The van der Waals surface area contributed by atoms with Crippen LogP contribution in [-0.4, -0.2) is 56.1 Å². The molecule has 6 nitrogen and oxygen atoms in total. The number of hydrogen-bond acceptors (Lipinski definition) is 5. The third kappa shape index (κ3) is 6.54. The SMILES string of the molecule is CC(c1cc(Cl)cc(Cl)c1)N1CCN(Cc2cc(F)c(C(=O)NS(C)(=O)=O)cc2C2CC2)C[C@@H]1C. The van der Waals surface area contributed by atoms with Crippen LogP contribution in [0.3, 0.4) is 0 Å². The first-order chi connectivity index (χ1) is 16.4. The molecule has 35 heavy (non-hydrogen) atoms. The molecule has 1 aliphatic heterocycles. The minimum Gasteiger partial charge on any atom is -0.296 e. The molecule has 0 radical (unpaired) electrons. The maximum Gasteiger partial charge on any atom is 0.267 e. The fourth-order valence-corrected chi connectivity index (χ4v) is 5.94. The Morgan fingerprint density at radius 1 is 1.14 bits per heavy atom. The molecule has 2 aromatic rings. The Morgan fingerprint density at radius 2 is 1.80 bits per heavy atom. The second kappa shape index (κ2) is 10.3. The number of hydrogen-bond donors (Lipinski definition) is 1. The van der Waals surface area contributed by atoms with E-state index in [4.69, 9.17) is 23.2 Å². The van der Waals surface area contributed by atoms with Gasteiger partial charge in [0.1, 0.15) is 5.82 Å². The lowest BCUT2D eigenvalue weighted by Gasteiger charge is -2.43. The molecule has 1 saturated carbocycles. The van der Waals surface area contributed by atoms with E-state index < -0.39 is 21.7 Å². The number of carbonyl (C=O) groups is 1. The van der Waals surface area contributed by atoms with E-state index in [2.05, 4.69) is 23.6 Å². The Labute approximate surface area is 216 Å². The Hall–Kier alpha value is -1.71. The molecule has 10 heteroatoms. The van der Waals surface area contributed by atoms with Crippen molar-refractivity contribution in [2.45, 2.75) is 51.2 Å². The number of benzene rings is 2. The molecular formula is C25H30Cl2FN3O3S. The van der Waals surface area contributed by atoms with Gasteiger partial charge in [-0.3, -0.25) is 14.6 Å². The van der Waals surface area contributed by atoms with E-state index in [0.717, 1.165) is 55.4 Å². The Morgan fingerprint density at radius 3 is 2.37 bits per heavy atom. The van der Waals surface area contributed by atoms with Crippen LogP contribution in [0.15, 0.2) is 30.3 Å². The van der Waals surface area contributed by atoms with E-state index >= 15 is 0 Å². The highest BCUT2D eigenvalue weighted by molar-refractivity contribution is 7.89. The van der Waals surface area contributed by atoms with Gasteiger partial charge in [0, 0.05) is 48.3 Å². The largest absolute Gasteiger partial charge is 0.296 e. The lowest BCUT2D eigenvalue weighted by molar-refractivity contribution is 0.0503. The standard InChI is InChI=1S/C25H30Cl2FN3O3S/c1-15-13-30(6-7-31(15)16(2)18-8-20(26)11-21(27)9-18)14-19-10-24(28)23(12-22(19)17-4-5-17)25(32)29-35(3,33)34/h8-12,15-17H,4-7,13-14H2,1-3H3,(H,29,32)/t15-,16?/m0/s1. The minimum absolute atomic E-state index is 0.149. The summed E-state index contributed by atoms with van der Waals surface area (Å²) >= 11 is 12.4. The number of halogens is 3. The maximum atomic E-state index is 14.9. The number of amides is 1. The number of piperazine rings is 1. The van der Waals surface area contributed by atoms with Crippen LogP contribution in [0.1, 0.15) is 65.7 Å². The third-order valence-corrected chi connectivity index (χ3v) is 7.78. The normalized spacial score (nSPS) is 20.6. The van der Waals surface area contributed by atoms with Gasteiger partial charge in [-0.25, -0.2) is 17.5 Å². The van der Waals surface area contributed by atoms with Crippen molar-refractivity contribution in [3.05, 3.63) is 68.4 Å². The molecule has 0 spiro atoms. The molecule has 1 aliphatic carbocycles. The number of rotatable bonds is 7. The Balaban J connectivity index is 1.48. The van der Waals surface area contributed by atoms with Gasteiger partial charge < -0.3 is 0 Å². The lowest BCUT2D eigenvalue weighted by Crippen LogP contribution is -2.52. The lowest BCUT2D eigenvalue weighted by atomic mass is 9.97. The number of sulfonamides is 1. The van der Waals surface area contributed by atoms with Crippen LogP contribution in [0.5, 0.6) is 0 Å². The van der Waals surface area contributed by atoms with Gasteiger partial charge in [-0.15, -0.1) is 0 Å². The first-order valence-corrected chi connectivity index (χ1v) is 14.3. The summed E-state index contributed by atoms with van der Waals surface area (Å²) < 4.78 is 39.6. The molecule has 2 atom stereocenters. The van der Waals surface area contributed by atoms with Crippen LogP contribution >= 0.6 is 23.2 Å². The molecule has 190 valence electrons. The predicted octanol–water partition coefficient (Wildman–Crippen LogP) is 4.97. The molecule has 1 unspecified atom stereocenters. The molecule has 0 bridgehead atoms. The highest BCUT2D eigenvalue weighted by Gasteiger charge is 2.32. The third-order valence-electron chi connectivity index (χ3n) is 6.79. The van der Waals surface area contributed by atoms with Crippen molar-refractivity contribution >= 4 is 39.1 Å². The summed E-state index contributed by atoms with van der Waals surface area (Å²) in [6.07, 6.45) is 2.84. The van der Waals surface area contributed by atoms with Crippen LogP contribution in [0.25, 0.3) is 0 Å². The van der Waals surface area contributed by atoms with Gasteiger partial charge >= 0.3 is 0 Å². The molecule has 2 fully saturated rings. The molecule has 1 N–H and O–H groups in total. The molecule has 1 amide bonds. The van der Waals surface area contributed by atoms with Crippen LogP contribution in [0, 0.1) is 5.82 Å². The van der Waals surface area contributed by atoms with Crippen molar-refractivity contribution in [2.24, 2.45) is 0 Å². The number of nitrogens with one attached hydrogen (secondary N) is 1. The Kier molecular flexibility index (Phi) is 7.79. The summed E-state index contributed by atoms with van der Waals surface area (Å²) in [6.45, 7) is 7.35. The highest BCUT2D eigenvalue weighted by atomic mass is 35.5. The molecule has 2 aromatic carbocycles. The van der Waals surface area contributed by atoms with E-state index in [1.165, 1.54) is 12.1 Å². The fraction of sp³-hybridized carbons (Fsp3) is 0.480. The molecule has 2 aliphatic rings. The second-order valence-corrected chi connectivity index (χ2v) is 12.3. The molecule has 1 heterocycles. The van der Waals surface area contributed by atoms with E-state index in [1.807, 2.05) is 16.9 Å². The van der Waals surface area contributed by atoms with Gasteiger partial charge in [0.05, 0.1) is 11.8 Å². The zero-order valence-electron chi connectivity index (χ0n) is 20.0. The molecule has 1 saturated heterocycles. The summed E-state index contributed by atoms with van der Waals surface area (Å²) in [6, 6.07) is 8.97. The first-order valence-electron chi connectivity index (χ1n) is 11.7. The van der Waals surface area contributed by atoms with Gasteiger partial charge in [-0.1, -0.05) is 23.2 Å². The summed E-state index contributed by atoms with van der Waals surface area (Å²) in [5, 5.41) is 1.24. The van der Waals surface area contributed by atoms with Gasteiger partial charge in [-0.05, 0) is 79.6 Å². The van der Waals surface area contributed by atoms with E-state index in [0.29, 0.717) is 16.6 Å². The first kappa shape index (κ1) is 26.4. The predicted molar refractivity (Wildman–Crippen MR) is 137 cm³/mol. The number of carbonyl (C=O) groups excluding carboxylic acids is 1. The summed E-state index contributed by atoms with van der Waals surface area (Å²) in [5.74, 6) is -1.36. The monoisotopic (exact) mass is 541 g/mol. The zero-order chi connectivity index (χ0) is 25.5. The van der Waals surface area contributed by atoms with Gasteiger partial charge in [0.25, 0.3) is 5.91 Å². The van der Waals surface area contributed by atoms with E-state index in [1.54, 1.807) is 6.07 Å². The smallest absolute Gasteiger partial charge is 0.267 e. The second-order valence-electron chi connectivity index (χ2n) is 9.71. The Bertz CT molecular complexity index is 1220. The average molecular weight is 543 g/mol. The highest BCUT2D eigenvalue weighted by Crippen LogP contribution is 2.43. The topological polar surface area (TPSA) is 69.7 Å². The van der Waals surface area contributed by atoms with Crippen LogP contribution in [0.2, 0.25) is 10.0 Å². The minimum atomic E-state index is -3.78. The zero-order valence-corrected chi connectivity index (χ0v) is 22.4. The van der Waals surface area contributed by atoms with Gasteiger partial charge in [0.15, 0.2) is 0 Å². The summed E-state index contributed by atoms with van der Waals surface area (Å²) in [5.41, 5.74) is 2.63. The summed E-state index contributed by atoms with van der Waals surface area (Å²) in [4.78, 5) is 17.0. The van der Waals surface area contributed by atoms with Crippen molar-refractivity contribution < 1.29 is 17.6 Å². The van der Waals surface area contributed by atoms with Crippen molar-refractivity contribution in [2.75, 3.05) is 25.9 Å². The fourth-order valence-electron chi connectivity index (χ4n) is 4.95. The van der Waals surface area contributed by atoms with Gasteiger partial charge in [-0.2, -0.15) is 0 Å². The van der Waals surface area contributed by atoms with Crippen LogP contribution < -0.4 is 4.72 Å². The van der Waals surface area contributed by atoms with E-state index in [-0.39, 0.29) is 23.6 Å². The maximum absolute atomic E-state index is 14.9. The average Bonchev–Trinajstić information content (AvgIpc) is 3.57. The number of nitrogens with zero attached hydrogens (tertiary/aromatic N) is 2. The quantitative estimate of drug-likeness (QED) is 0.536. The van der Waals surface area contributed by atoms with Gasteiger partial charge in [0.2, 0.25) is 10.0 Å².